The summed E-state index contributed by atoms with van der Waals surface area (Å²) in [6.45, 7) is 0. The lowest BCUT2D eigenvalue weighted by molar-refractivity contribution is -0.138. The largest absolute Gasteiger partial charge is 0.467 e. The molecule has 4 aromatic rings. The van der Waals surface area contributed by atoms with E-state index in [1.165, 1.54) is 54.8 Å². The summed E-state index contributed by atoms with van der Waals surface area (Å²) in [5.74, 6) is -0.0764. The van der Waals surface area contributed by atoms with Gasteiger partial charge in [0.25, 0.3) is 0 Å². The highest BCUT2D eigenvalue weighted by Gasteiger charge is 2.35. The van der Waals surface area contributed by atoms with Crippen molar-refractivity contribution in [3.05, 3.63) is 70.8 Å². The Hall–Kier alpha value is -3.37. The Kier molecular flexibility index (Phi) is 6.15. The van der Waals surface area contributed by atoms with E-state index in [-0.39, 0.29) is 23.2 Å². The summed E-state index contributed by atoms with van der Waals surface area (Å²) in [7, 11) is 1.46. The second kappa shape index (κ2) is 9.01. The maximum absolute atomic E-state index is 13.7. The predicted molar refractivity (Wildman–Crippen MR) is 116 cm³/mol. The van der Waals surface area contributed by atoms with Gasteiger partial charge in [-0.3, -0.25) is 0 Å². The molecule has 4 rings (SSSR count). The lowest BCUT2D eigenvalue weighted by Gasteiger charge is -2.15. The van der Waals surface area contributed by atoms with Gasteiger partial charge in [-0.1, -0.05) is 11.6 Å². The quantitative estimate of drug-likeness (QED) is 0.328. The van der Waals surface area contributed by atoms with Crippen LogP contribution in [0.1, 0.15) is 5.56 Å². The van der Waals surface area contributed by atoms with Crippen LogP contribution in [0, 0.1) is 0 Å². The van der Waals surface area contributed by atoms with Crippen LogP contribution in [-0.2, 0) is 6.18 Å². The summed E-state index contributed by atoms with van der Waals surface area (Å²) in [6, 6.07) is 10.0. The van der Waals surface area contributed by atoms with Gasteiger partial charge in [-0.05, 0) is 42.5 Å². The molecule has 0 atom stereocenters. The second-order valence-electron chi connectivity index (χ2n) is 6.39. The molecule has 1 N–H and O–H groups in total. The van der Waals surface area contributed by atoms with E-state index in [4.69, 9.17) is 21.1 Å². The number of nitrogens with zero attached hydrogens (tertiary/aromatic N) is 3. The zero-order chi connectivity index (χ0) is 22.7. The fourth-order valence-corrected chi connectivity index (χ4v) is 3.55. The van der Waals surface area contributed by atoms with Crippen LogP contribution in [0.4, 0.5) is 24.0 Å². The van der Waals surface area contributed by atoms with E-state index in [1.807, 2.05) is 0 Å². The first-order chi connectivity index (χ1) is 15.3. The van der Waals surface area contributed by atoms with Crippen molar-refractivity contribution in [2.45, 2.75) is 6.18 Å². The smallest absolute Gasteiger partial charge is 0.420 e. The van der Waals surface area contributed by atoms with Gasteiger partial charge >= 0.3 is 12.2 Å². The average molecular weight is 479 g/mol. The van der Waals surface area contributed by atoms with E-state index in [2.05, 4.69) is 20.3 Å². The molecule has 0 fully saturated rings. The van der Waals surface area contributed by atoms with Crippen LogP contribution in [0.15, 0.2) is 60.2 Å². The summed E-state index contributed by atoms with van der Waals surface area (Å²) in [4.78, 5) is 12.4. The summed E-state index contributed by atoms with van der Waals surface area (Å²) in [5, 5.41) is 5.51. The first kappa shape index (κ1) is 21.8. The lowest BCUT2D eigenvalue weighted by atomic mass is 10.1. The number of thiazole rings is 1. The molecule has 2 aromatic carbocycles. The van der Waals surface area contributed by atoms with Crippen LogP contribution < -0.4 is 14.8 Å². The number of benzene rings is 2. The SMILES string of the molecule is COc1ncc(-c2csc(Nc3ccc(Oc4ccc(Cl)cc4)c(C(F)(F)F)c3)n2)cn1. The van der Waals surface area contributed by atoms with E-state index in [0.717, 1.165) is 6.07 Å². The molecule has 0 bridgehead atoms. The average Bonchev–Trinajstić information content (AvgIpc) is 3.24. The molecule has 164 valence electrons. The van der Waals surface area contributed by atoms with Crippen molar-refractivity contribution < 1.29 is 22.6 Å². The highest BCUT2D eigenvalue weighted by molar-refractivity contribution is 7.14. The Morgan fingerprint density at radius 2 is 1.75 bits per heavy atom. The zero-order valence-electron chi connectivity index (χ0n) is 16.4. The number of hydrogen-bond donors (Lipinski definition) is 1. The van der Waals surface area contributed by atoms with Crippen molar-refractivity contribution in [3.63, 3.8) is 0 Å². The maximum atomic E-state index is 13.7. The number of halogens is 4. The third-order valence-corrected chi connectivity index (χ3v) is 5.20. The monoisotopic (exact) mass is 478 g/mol. The van der Waals surface area contributed by atoms with Gasteiger partial charge in [0.2, 0.25) is 0 Å². The highest BCUT2D eigenvalue weighted by Crippen LogP contribution is 2.40. The van der Waals surface area contributed by atoms with Gasteiger partial charge in [0.1, 0.15) is 17.1 Å². The minimum absolute atomic E-state index is 0.215. The van der Waals surface area contributed by atoms with Crippen LogP contribution in [-0.4, -0.2) is 22.1 Å². The van der Waals surface area contributed by atoms with Gasteiger partial charge in [0.15, 0.2) is 5.13 Å². The van der Waals surface area contributed by atoms with Crippen molar-refractivity contribution >= 4 is 33.8 Å². The van der Waals surface area contributed by atoms with Crippen molar-refractivity contribution in [3.8, 4) is 28.8 Å². The Balaban J connectivity index is 1.56. The van der Waals surface area contributed by atoms with Gasteiger partial charge in [-0.25, -0.2) is 15.0 Å². The summed E-state index contributed by atoms with van der Waals surface area (Å²) < 4.78 is 51.3. The number of nitrogens with one attached hydrogen (secondary N) is 1. The molecule has 0 spiro atoms. The molecule has 0 amide bonds. The molecule has 0 aliphatic rings. The zero-order valence-corrected chi connectivity index (χ0v) is 17.9. The van der Waals surface area contributed by atoms with Gasteiger partial charge in [-0.2, -0.15) is 13.2 Å². The first-order valence-electron chi connectivity index (χ1n) is 9.05. The van der Waals surface area contributed by atoms with E-state index < -0.39 is 11.7 Å². The minimum atomic E-state index is -4.62. The Bertz CT molecular complexity index is 1220. The third-order valence-electron chi connectivity index (χ3n) is 4.19. The topological polar surface area (TPSA) is 69.2 Å². The van der Waals surface area contributed by atoms with E-state index in [9.17, 15) is 13.2 Å². The lowest BCUT2D eigenvalue weighted by Crippen LogP contribution is -2.08. The molecule has 6 nitrogen and oxygen atoms in total. The summed E-state index contributed by atoms with van der Waals surface area (Å²) in [5.41, 5.74) is 0.530. The molecule has 32 heavy (non-hydrogen) atoms. The molecular weight excluding hydrogens is 465 g/mol. The molecule has 2 heterocycles. The molecular formula is C21H14ClF3N4O2S. The molecule has 2 aromatic heterocycles. The molecule has 0 saturated carbocycles. The summed E-state index contributed by atoms with van der Waals surface area (Å²) >= 11 is 7.05. The Labute approximate surface area is 189 Å². The van der Waals surface area contributed by atoms with Crippen LogP contribution in [0.3, 0.4) is 0 Å². The molecule has 11 heteroatoms. The number of aromatic nitrogens is 3. The van der Waals surface area contributed by atoms with Crippen LogP contribution in [0.25, 0.3) is 11.3 Å². The van der Waals surface area contributed by atoms with E-state index in [1.54, 1.807) is 17.8 Å². The van der Waals surface area contributed by atoms with E-state index >= 15 is 0 Å². The number of hydrogen-bond acceptors (Lipinski definition) is 7. The molecule has 0 aliphatic carbocycles. The Morgan fingerprint density at radius 3 is 2.41 bits per heavy atom. The van der Waals surface area contributed by atoms with Gasteiger partial charge < -0.3 is 14.8 Å². The number of methoxy groups -OCH3 is 1. The maximum Gasteiger partial charge on any atom is 0.420 e. The van der Waals surface area contributed by atoms with Crippen molar-refractivity contribution in [1.29, 1.82) is 0 Å². The molecule has 0 saturated heterocycles. The third kappa shape index (κ3) is 5.09. The standard InChI is InChI=1S/C21H14ClF3N4O2S/c1-30-19-26-9-12(10-27-19)17-11-32-20(29-17)28-14-4-7-18(16(8-14)21(23,24)25)31-15-5-2-13(22)3-6-15/h2-11H,1H3,(H,28,29). The first-order valence-corrected chi connectivity index (χ1v) is 10.3. The fraction of sp³-hybridized carbons (Fsp3) is 0.0952. The molecule has 0 radical (unpaired) electrons. The highest BCUT2D eigenvalue weighted by atomic mass is 35.5. The van der Waals surface area contributed by atoms with Crippen LogP contribution in [0.5, 0.6) is 17.5 Å². The fourth-order valence-electron chi connectivity index (χ4n) is 2.69. The van der Waals surface area contributed by atoms with Crippen LogP contribution in [0.2, 0.25) is 5.02 Å². The second-order valence-corrected chi connectivity index (χ2v) is 7.68. The van der Waals surface area contributed by atoms with Crippen LogP contribution >= 0.6 is 22.9 Å². The normalized spacial score (nSPS) is 11.3. The minimum Gasteiger partial charge on any atom is -0.467 e. The van der Waals surface area contributed by atoms with Gasteiger partial charge in [0.05, 0.1) is 12.8 Å². The Morgan fingerprint density at radius 1 is 1.03 bits per heavy atom. The number of rotatable bonds is 6. The van der Waals surface area contributed by atoms with Crippen molar-refractivity contribution in [1.82, 2.24) is 15.0 Å². The summed E-state index contributed by atoms with van der Waals surface area (Å²) in [6.07, 6.45) is -1.52. The van der Waals surface area contributed by atoms with Gasteiger partial charge in [-0.15, -0.1) is 11.3 Å². The van der Waals surface area contributed by atoms with Gasteiger partial charge in [0, 0.05) is 34.0 Å². The number of ether oxygens (including phenoxy) is 2. The molecule has 0 aliphatic heterocycles. The van der Waals surface area contributed by atoms with E-state index in [0.29, 0.717) is 21.4 Å². The van der Waals surface area contributed by atoms with Crippen molar-refractivity contribution in [2.75, 3.05) is 12.4 Å². The molecule has 0 unspecified atom stereocenters. The van der Waals surface area contributed by atoms with Crippen molar-refractivity contribution in [2.24, 2.45) is 0 Å². The number of anilines is 2. The number of alkyl halides is 3. The predicted octanol–water partition coefficient (Wildman–Crippen LogP) is 6.82.